The number of carbonyl (C=O) groups is 2. The summed E-state index contributed by atoms with van der Waals surface area (Å²) >= 11 is 0. The van der Waals surface area contributed by atoms with Gasteiger partial charge in [-0.1, -0.05) is 32.9 Å². The molecule has 0 aliphatic carbocycles. The van der Waals surface area contributed by atoms with Crippen LogP contribution >= 0.6 is 0 Å². The number of anilines is 1. The molecule has 0 saturated carbocycles. The van der Waals surface area contributed by atoms with E-state index in [1.54, 1.807) is 4.90 Å². The summed E-state index contributed by atoms with van der Waals surface area (Å²) in [7, 11) is 1.83. The molecule has 1 aliphatic rings. The van der Waals surface area contributed by atoms with Crippen molar-refractivity contribution in [1.29, 1.82) is 0 Å². The van der Waals surface area contributed by atoms with Crippen molar-refractivity contribution in [1.82, 2.24) is 10.2 Å². The average molecular weight is 360 g/mol. The summed E-state index contributed by atoms with van der Waals surface area (Å²) < 4.78 is 0. The van der Waals surface area contributed by atoms with Crippen molar-refractivity contribution in [2.75, 3.05) is 31.6 Å². The van der Waals surface area contributed by atoms with E-state index in [0.717, 1.165) is 37.2 Å². The maximum absolute atomic E-state index is 12.6. The van der Waals surface area contributed by atoms with Crippen molar-refractivity contribution in [3.8, 4) is 0 Å². The molecule has 144 valence electrons. The number of nitrogens with one attached hydrogen (secondary N) is 1. The van der Waals surface area contributed by atoms with Gasteiger partial charge in [-0.05, 0) is 37.3 Å². The van der Waals surface area contributed by atoms with Crippen molar-refractivity contribution in [2.45, 2.75) is 53.0 Å². The van der Waals surface area contributed by atoms with Crippen LogP contribution in [0.1, 0.15) is 57.3 Å². The number of benzene rings is 1. The van der Waals surface area contributed by atoms with Gasteiger partial charge in [-0.25, -0.2) is 0 Å². The highest BCUT2D eigenvalue weighted by Crippen LogP contribution is 2.26. The highest BCUT2D eigenvalue weighted by atomic mass is 16.2. The van der Waals surface area contributed by atoms with E-state index in [1.165, 1.54) is 0 Å². The van der Waals surface area contributed by atoms with Crippen LogP contribution in [0.3, 0.4) is 0 Å². The molecule has 0 unspecified atom stereocenters. The van der Waals surface area contributed by atoms with Crippen LogP contribution in [0.4, 0.5) is 5.69 Å². The first-order chi connectivity index (χ1) is 12.2. The fourth-order valence-corrected chi connectivity index (χ4v) is 3.30. The van der Waals surface area contributed by atoms with Crippen molar-refractivity contribution in [3.05, 3.63) is 29.8 Å². The van der Waals surface area contributed by atoms with Crippen molar-refractivity contribution in [3.63, 3.8) is 0 Å². The molecule has 0 bridgehead atoms. The number of carbonyl (C=O) groups excluding carboxylic acids is 2. The molecule has 2 amide bonds. The maximum Gasteiger partial charge on any atom is 0.255 e. The van der Waals surface area contributed by atoms with Crippen LogP contribution in [0.15, 0.2) is 24.3 Å². The van der Waals surface area contributed by atoms with E-state index in [1.807, 2.05) is 38.2 Å². The van der Waals surface area contributed by atoms with Gasteiger partial charge in [-0.15, -0.1) is 0 Å². The minimum Gasteiger partial charge on any atom is -0.371 e. The van der Waals surface area contributed by atoms with E-state index < -0.39 is 0 Å². The van der Waals surface area contributed by atoms with E-state index in [0.29, 0.717) is 13.0 Å². The molecule has 1 heterocycles. The summed E-state index contributed by atoms with van der Waals surface area (Å²) in [6.45, 7) is 10.6. The fraction of sp³-hybridized carbons (Fsp3) is 0.619. The predicted molar refractivity (Wildman–Crippen MR) is 107 cm³/mol. The zero-order chi connectivity index (χ0) is 19.3. The number of amides is 2. The molecule has 5 heteroatoms. The zero-order valence-electron chi connectivity index (χ0n) is 16.8. The lowest BCUT2D eigenvalue weighted by molar-refractivity contribution is -0.123. The van der Waals surface area contributed by atoms with Gasteiger partial charge in [0.25, 0.3) is 5.91 Å². The highest BCUT2D eigenvalue weighted by molar-refractivity contribution is 5.99. The van der Waals surface area contributed by atoms with Crippen molar-refractivity contribution in [2.24, 2.45) is 5.41 Å². The van der Waals surface area contributed by atoms with Gasteiger partial charge in [-0.2, -0.15) is 0 Å². The Labute approximate surface area is 157 Å². The Hall–Kier alpha value is -2.04. The second-order valence-corrected chi connectivity index (χ2v) is 8.40. The van der Waals surface area contributed by atoms with Gasteiger partial charge in [0.05, 0.1) is 5.56 Å². The lowest BCUT2D eigenvalue weighted by Gasteiger charge is -2.35. The van der Waals surface area contributed by atoms with Crippen molar-refractivity contribution >= 4 is 17.5 Å². The first-order valence-electron chi connectivity index (χ1n) is 9.60. The summed E-state index contributed by atoms with van der Waals surface area (Å²) in [4.78, 5) is 28.8. The monoisotopic (exact) mass is 359 g/mol. The summed E-state index contributed by atoms with van der Waals surface area (Å²) in [5.41, 5.74) is 1.76. The second kappa shape index (κ2) is 8.56. The van der Waals surface area contributed by atoms with Gasteiger partial charge < -0.3 is 15.1 Å². The molecular weight excluding hydrogens is 326 g/mol. The topological polar surface area (TPSA) is 52.7 Å². The van der Waals surface area contributed by atoms with Crippen LogP contribution in [0.25, 0.3) is 0 Å². The predicted octanol–water partition coefficient (Wildman–Crippen LogP) is 3.30. The zero-order valence-corrected chi connectivity index (χ0v) is 16.8. The Balaban J connectivity index is 1.98. The molecule has 2 rings (SSSR count). The minimum absolute atomic E-state index is 0.00932. The third kappa shape index (κ3) is 5.48. The van der Waals surface area contributed by atoms with Crippen molar-refractivity contribution < 1.29 is 9.59 Å². The number of hydrogen-bond acceptors (Lipinski definition) is 3. The minimum atomic E-state index is 0.00932. The molecule has 1 N–H and O–H groups in total. The molecule has 1 saturated heterocycles. The molecule has 5 nitrogen and oxygen atoms in total. The Morgan fingerprint density at radius 2 is 1.81 bits per heavy atom. The van der Waals surface area contributed by atoms with Gasteiger partial charge in [0.2, 0.25) is 5.91 Å². The van der Waals surface area contributed by atoms with Gasteiger partial charge in [0.15, 0.2) is 0 Å². The fourth-order valence-electron chi connectivity index (χ4n) is 3.30. The van der Waals surface area contributed by atoms with Gasteiger partial charge in [-0.3, -0.25) is 9.59 Å². The lowest BCUT2D eigenvalue weighted by atomic mass is 9.91. The Morgan fingerprint density at radius 3 is 2.38 bits per heavy atom. The average Bonchev–Trinajstić information content (AvgIpc) is 2.59. The van der Waals surface area contributed by atoms with E-state index >= 15 is 0 Å². The maximum atomic E-state index is 12.6. The number of hydrogen-bond donors (Lipinski definition) is 1. The smallest absolute Gasteiger partial charge is 0.255 e. The van der Waals surface area contributed by atoms with Crippen LogP contribution in [0.5, 0.6) is 0 Å². The second-order valence-electron chi connectivity index (χ2n) is 8.40. The third-order valence-corrected chi connectivity index (χ3v) is 4.85. The summed E-state index contributed by atoms with van der Waals surface area (Å²) in [5.74, 6) is 0.194. The first kappa shape index (κ1) is 20.3. The molecule has 1 aliphatic heterocycles. The number of para-hydroxylation sites is 1. The number of nitrogens with zero attached hydrogens (tertiary/aromatic N) is 2. The van der Waals surface area contributed by atoms with Crippen LogP contribution in [-0.4, -0.2) is 49.4 Å². The van der Waals surface area contributed by atoms with E-state index in [4.69, 9.17) is 0 Å². The number of rotatable bonds is 5. The van der Waals surface area contributed by atoms with Crippen LogP contribution in [-0.2, 0) is 4.79 Å². The lowest BCUT2D eigenvalue weighted by Crippen LogP contribution is -2.45. The summed E-state index contributed by atoms with van der Waals surface area (Å²) in [6.07, 6.45) is 2.36. The molecular formula is C21H33N3O2. The Kier molecular flexibility index (Phi) is 6.68. The van der Waals surface area contributed by atoms with E-state index in [2.05, 4.69) is 31.0 Å². The van der Waals surface area contributed by atoms with Gasteiger partial charge >= 0.3 is 0 Å². The van der Waals surface area contributed by atoms with Gasteiger partial charge in [0.1, 0.15) is 0 Å². The largest absolute Gasteiger partial charge is 0.371 e. The van der Waals surface area contributed by atoms with E-state index in [9.17, 15) is 9.59 Å². The first-order valence-corrected chi connectivity index (χ1v) is 9.60. The molecule has 0 spiro atoms. The molecule has 1 aromatic rings. The molecule has 0 aromatic heterocycles. The van der Waals surface area contributed by atoms with Crippen LogP contribution in [0.2, 0.25) is 0 Å². The number of piperidine rings is 1. The van der Waals surface area contributed by atoms with E-state index in [-0.39, 0.29) is 23.3 Å². The molecule has 26 heavy (non-hydrogen) atoms. The van der Waals surface area contributed by atoms with Crippen LogP contribution < -0.4 is 10.2 Å². The molecule has 0 atom stereocenters. The molecule has 1 fully saturated rings. The standard InChI is InChI=1S/C21H33N3O2/c1-6-23(5)20(26)17-9-7-8-10-18(17)24-13-11-16(12-14-24)22-19(25)15-21(2,3)4/h7-10,16H,6,11-15H2,1-5H3,(H,22,25). The summed E-state index contributed by atoms with van der Waals surface area (Å²) in [6, 6.07) is 8.05. The molecule has 1 aromatic carbocycles. The highest BCUT2D eigenvalue weighted by Gasteiger charge is 2.25. The Bertz CT molecular complexity index is 628. The normalized spacial score (nSPS) is 15.7. The SMILES string of the molecule is CCN(C)C(=O)c1ccccc1N1CCC(NC(=O)CC(C)(C)C)CC1. The Morgan fingerprint density at radius 1 is 1.19 bits per heavy atom. The van der Waals surface area contributed by atoms with Gasteiger partial charge in [0, 0.05) is 44.8 Å². The molecule has 0 radical (unpaired) electrons. The summed E-state index contributed by atoms with van der Waals surface area (Å²) in [5, 5.41) is 3.17. The van der Waals surface area contributed by atoms with Crippen LogP contribution in [0, 0.1) is 5.41 Å². The quantitative estimate of drug-likeness (QED) is 0.878. The third-order valence-electron chi connectivity index (χ3n) is 4.85.